The third kappa shape index (κ3) is 3.95. The highest BCUT2D eigenvalue weighted by molar-refractivity contribution is 9.10. The minimum Gasteiger partial charge on any atom is -0.480 e. The van der Waals surface area contributed by atoms with Crippen LogP contribution in [0.4, 0.5) is 4.39 Å². The molecule has 0 spiro atoms. The molecule has 1 fully saturated rings. The maximum Gasteiger partial charge on any atom is 0.263 e. The summed E-state index contributed by atoms with van der Waals surface area (Å²) in [6.07, 6.45) is 3.91. The summed E-state index contributed by atoms with van der Waals surface area (Å²) in [6, 6.07) is 4.19. The first kappa shape index (κ1) is 15.3. The summed E-state index contributed by atoms with van der Waals surface area (Å²) in [4.78, 5) is 14.2. The lowest BCUT2D eigenvalue weighted by Gasteiger charge is -2.24. The molecule has 1 amide bonds. The molecule has 110 valence electrons. The molecule has 1 unspecified atom stereocenters. The van der Waals surface area contributed by atoms with Crippen molar-refractivity contribution in [1.29, 1.82) is 0 Å². The largest absolute Gasteiger partial charge is 0.480 e. The van der Waals surface area contributed by atoms with Crippen LogP contribution in [0.1, 0.15) is 32.6 Å². The molecule has 0 radical (unpaired) electrons. The van der Waals surface area contributed by atoms with Gasteiger partial charge in [0.25, 0.3) is 5.91 Å². The third-order valence-corrected chi connectivity index (χ3v) is 4.08. The first-order valence-electron chi connectivity index (χ1n) is 6.98. The molecule has 1 saturated heterocycles. The van der Waals surface area contributed by atoms with E-state index >= 15 is 0 Å². The smallest absolute Gasteiger partial charge is 0.263 e. The molecule has 0 aliphatic carbocycles. The molecular formula is C15H19BrFNO2. The van der Waals surface area contributed by atoms with Crippen molar-refractivity contribution in [3.05, 3.63) is 28.5 Å². The van der Waals surface area contributed by atoms with Crippen LogP contribution < -0.4 is 4.74 Å². The highest BCUT2D eigenvalue weighted by Gasteiger charge is 2.23. The average Bonchev–Trinajstić information content (AvgIpc) is 2.70. The van der Waals surface area contributed by atoms with Crippen LogP contribution in [0, 0.1) is 5.82 Å². The molecule has 1 aromatic carbocycles. The van der Waals surface area contributed by atoms with Crippen LogP contribution in [0.25, 0.3) is 0 Å². The molecule has 1 aliphatic heterocycles. The highest BCUT2D eigenvalue weighted by Crippen LogP contribution is 2.26. The van der Waals surface area contributed by atoms with Crippen molar-refractivity contribution >= 4 is 21.8 Å². The number of carbonyl (C=O) groups excluding carboxylic acids is 1. The van der Waals surface area contributed by atoms with Crippen LogP contribution >= 0.6 is 15.9 Å². The zero-order valence-electron chi connectivity index (χ0n) is 11.6. The summed E-state index contributed by atoms with van der Waals surface area (Å²) in [6.45, 7) is 3.34. The number of benzene rings is 1. The zero-order chi connectivity index (χ0) is 14.5. The molecular weight excluding hydrogens is 325 g/mol. The highest BCUT2D eigenvalue weighted by atomic mass is 79.9. The summed E-state index contributed by atoms with van der Waals surface area (Å²) in [5.41, 5.74) is 0. The normalized spacial score (nSPS) is 17.4. The lowest BCUT2D eigenvalue weighted by Crippen LogP contribution is -2.41. The molecule has 1 aromatic rings. The Morgan fingerprint density at radius 2 is 1.95 bits per heavy atom. The Morgan fingerprint density at radius 3 is 2.55 bits per heavy atom. The lowest BCUT2D eigenvalue weighted by atomic mass is 10.2. The second-order valence-electron chi connectivity index (χ2n) is 5.07. The number of ether oxygens (including phenoxy) is 1. The van der Waals surface area contributed by atoms with Crippen LogP contribution in [0.5, 0.6) is 5.75 Å². The standard InChI is InChI=1S/C15H19BrFNO2/c1-11(15(19)18-8-4-2-3-5-9-18)20-14-7-6-12(17)10-13(14)16/h6-7,10-11H,2-5,8-9H2,1H3. The van der Waals surface area contributed by atoms with Crippen molar-refractivity contribution in [2.75, 3.05) is 13.1 Å². The Kier molecular flexibility index (Phi) is 5.40. The number of halogens is 2. The molecule has 5 heteroatoms. The van der Waals surface area contributed by atoms with E-state index in [1.54, 1.807) is 6.92 Å². The van der Waals surface area contributed by atoms with Crippen LogP contribution in [-0.4, -0.2) is 30.0 Å². The van der Waals surface area contributed by atoms with Crippen molar-refractivity contribution in [2.24, 2.45) is 0 Å². The van der Waals surface area contributed by atoms with Gasteiger partial charge in [0.05, 0.1) is 4.47 Å². The van der Waals surface area contributed by atoms with Gasteiger partial charge in [-0.1, -0.05) is 12.8 Å². The molecule has 1 aliphatic rings. The molecule has 1 atom stereocenters. The molecule has 1 heterocycles. The molecule has 0 N–H and O–H groups in total. The minimum absolute atomic E-state index is 0.00289. The summed E-state index contributed by atoms with van der Waals surface area (Å²) in [5, 5.41) is 0. The Morgan fingerprint density at radius 1 is 1.30 bits per heavy atom. The SMILES string of the molecule is CC(Oc1ccc(F)cc1Br)C(=O)N1CCCCCC1. The lowest BCUT2D eigenvalue weighted by molar-refractivity contribution is -0.137. The predicted molar refractivity (Wildman–Crippen MR) is 79.2 cm³/mol. The first-order valence-corrected chi connectivity index (χ1v) is 7.78. The summed E-state index contributed by atoms with van der Waals surface area (Å²) in [5.74, 6) is 0.154. The van der Waals surface area contributed by atoms with Crippen molar-refractivity contribution in [3.63, 3.8) is 0 Å². The second-order valence-corrected chi connectivity index (χ2v) is 5.93. The maximum atomic E-state index is 13.0. The molecule has 3 nitrogen and oxygen atoms in total. The number of rotatable bonds is 3. The Balaban J connectivity index is 1.99. The number of amides is 1. The van der Waals surface area contributed by atoms with E-state index in [1.807, 2.05) is 4.90 Å². The minimum atomic E-state index is -0.560. The average molecular weight is 344 g/mol. The topological polar surface area (TPSA) is 29.5 Å². The van der Waals surface area contributed by atoms with Gasteiger partial charge in [-0.15, -0.1) is 0 Å². The van der Waals surface area contributed by atoms with Crippen molar-refractivity contribution in [3.8, 4) is 5.75 Å². The second kappa shape index (κ2) is 7.07. The van der Waals surface area contributed by atoms with Gasteiger partial charge in [-0.3, -0.25) is 4.79 Å². The van der Waals surface area contributed by atoms with E-state index in [0.29, 0.717) is 10.2 Å². The molecule has 20 heavy (non-hydrogen) atoms. The fraction of sp³-hybridized carbons (Fsp3) is 0.533. The monoisotopic (exact) mass is 343 g/mol. The quantitative estimate of drug-likeness (QED) is 0.836. The van der Waals surface area contributed by atoms with Gasteiger partial charge in [0, 0.05) is 13.1 Å². The van der Waals surface area contributed by atoms with Crippen molar-refractivity contribution in [1.82, 2.24) is 4.90 Å². The van der Waals surface area contributed by atoms with Crippen molar-refractivity contribution < 1.29 is 13.9 Å². The predicted octanol–water partition coefficient (Wildman–Crippen LogP) is 3.76. The van der Waals surface area contributed by atoms with E-state index < -0.39 is 6.10 Å². The molecule has 0 saturated carbocycles. The van der Waals surface area contributed by atoms with Gasteiger partial charge in [-0.25, -0.2) is 4.39 Å². The fourth-order valence-corrected chi connectivity index (χ4v) is 2.80. The Hall–Kier alpha value is -1.10. The van der Waals surface area contributed by atoms with Gasteiger partial charge in [0.1, 0.15) is 11.6 Å². The molecule has 0 bridgehead atoms. The molecule has 2 rings (SSSR count). The maximum absolute atomic E-state index is 13.0. The summed E-state index contributed by atoms with van der Waals surface area (Å²) < 4.78 is 19.2. The van der Waals surface area contributed by atoms with Crippen LogP contribution in [-0.2, 0) is 4.79 Å². The zero-order valence-corrected chi connectivity index (χ0v) is 13.2. The van der Waals surface area contributed by atoms with E-state index in [4.69, 9.17) is 4.74 Å². The van der Waals surface area contributed by atoms with E-state index in [-0.39, 0.29) is 11.7 Å². The summed E-state index contributed by atoms with van der Waals surface area (Å²) in [7, 11) is 0. The Bertz CT molecular complexity index is 473. The van der Waals surface area contributed by atoms with Crippen molar-refractivity contribution in [2.45, 2.75) is 38.7 Å². The van der Waals surface area contributed by atoms with Gasteiger partial charge in [-0.2, -0.15) is 0 Å². The van der Waals surface area contributed by atoms with Gasteiger partial charge >= 0.3 is 0 Å². The number of hydrogen-bond acceptors (Lipinski definition) is 2. The van der Waals surface area contributed by atoms with Gasteiger partial charge in [0.2, 0.25) is 0 Å². The van der Waals surface area contributed by atoms with Crippen LogP contribution in [0.2, 0.25) is 0 Å². The third-order valence-electron chi connectivity index (χ3n) is 3.46. The summed E-state index contributed by atoms with van der Waals surface area (Å²) >= 11 is 3.24. The first-order chi connectivity index (χ1) is 9.58. The van der Waals surface area contributed by atoms with Crippen LogP contribution in [0.15, 0.2) is 22.7 Å². The number of nitrogens with zero attached hydrogens (tertiary/aromatic N) is 1. The van der Waals surface area contributed by atoms with Crippen LogP contribution in [0.3, 0.4) is 0 Å². The van der Waals surface area contributed by atoms with E-state index in [0.717, 1.165) is 25.9 Å². The van der Waals surface area contributed by atoms with Gasteiger partial charge in [-0.05, 0) is 53.9 Å². The number of carbonyl (C=O) groups is 1. The fourth-order valence-electron chi connectivity index (χ4n) is 2.36. The Labute approximate surface area is 127 Å². The number of hydrogen-bond donors (Lipinski definition) is 0. The van der Waals surface area contributed by atoms with Gasteiger partial charge < -0.3 is 9.64 Å². The van der Waals surface area contributed by atoms with Gasteiger partial charge in [0.15, 0.2) is 6.10 Å². The van der Waals surface area contributed by atoms with E-state index in [9.17, 15) is 9.18 Å². The van der Waals surface area contributed by atoms with E-state index in [1.165, 1.54) is 31.0 Å². The molecule has 0 aromatic heterocycles. The van der Waals surface area contributed by atoms with E-state index in [2.05, 4.69) is 15.9 Å². The number of likely N-dealkylation sites (tertiary alicyclic amines) is 1.